The van der Waals surface area contributed by atoms with Gasteiger partial charge in [-0.15, -0.1) is 0 Å². The second-order valence-electron chi connectivity index (χ2n) is 4.80. The van der Waals surface area contributed by atoms with E-state index >= 15 is 0 Å². The van der Waals surface area contributed by atoms with E-state index in [1.165, 1.54) is 0 Å². The lowest BCUT2D eigenvalue weighted by molar-refractivity contribution is 0.0981. The van der Waals surface area contributed by atoms with Crippen molar-refractivity contribution in [2.45, 2.75) is 12.8 Å². The predicted molar refractivity (Wildman–Crippen MR) is 69.2 cm³/mol. The second-order valence-corrected chi connectivity index (χ2v) is 6.57. The van der Waals surface area contributed by atoms with E-state index in [9.17, 15) is 13.2 Å². The Bertz CT molecular complexity index is 732. The number of amides is 1. The smallest absolute Gasteiger partial charge is 0.266 e. The molecule has 3 rings (SSSR count). The van der Waals surface area contributed by atoms with Gasteiger partial charge in [0.15, 0.2) is 0 Å². The third kappa shape index (κ3) is 2.76. The van der Waals surface area contributed by atoms with Crippen molar-refractivity contribution in [1.82, 2.24) is 14.1 Å². The van der Waals surface area contributed by atoms with Crippen molar-refractivity contribution < 1.29 is 13.2 Å². The predicted octanol–water partition coefficient (Wildman–Crippen LogP) is 0.804. The van der Waals surface area contributed by atoms with Gasteiger partial charge in [-0.2, -0.15) is 0 Å². The zero-order valence-corrected chi connectivity index (χ0v) is 10.9. The Morgan fingerprint density at radius 2 is 2.21 bits per heavy atom. The number of nitrogens with zero attached hydrogens (tertiary/aromatic N) is 2. The minimum atomic E-state index is -3.53. The van der Waals surface area contributed by atoms with E-state index < -0.39 is 15.9 Å². The molecule has 19 heavy (non-hydrogen) atoms. The molecule has 2 aromatic heterocycles. The number of carbonyl (C=O) groups is 1. The maximum Gasteiger partial charge on any atom is 0.266 e. The second kappa shape index (κ2) is 4.34. The molecule has 2 heterocycles. The van der Waals surface area contributed by atoms with E-state index in [0.717, 1.165) is 18.4 Å². The first kappa shape index (κ1) is 12.2. The molecule has 1 N–H and O–H groups in total. The molecule has 100 valence electrons. The van der Waals surface area contributed by atoms with E-state index in [-0.39, 0.29) is 11.7 Å². The molecule has 2 aromatic rings. The van der Waals surface area contributed by atoms with Gasteiger partial charge in [0.25, 0.3) is 5.91 Å². The van der Waals surface area contributed by atoms with Crippen LogP contribution in [0.2, 0.25) is 0 Å². The summed E-state index contributed by atoms with van der Waals surface area (Å²) in [5.41, 5.74) is 1.14. The van der Waals surface area contributed by atoms with Crippen LogP contribution in [0.1, 0.15) is 23.2 Å². The molecule has 1 amide bonds. The van der Waals surface area contributed by atoms with E-state index in [1.54, 1.807) is 35.3 Å². The highest BCUT2D eigenvalue weighted by Gasteiger charge is 2.29. The fourth-order valence-electron chi connectivity index (χ4n) is 1.89. The molecule has 0 spiro atoms. The Kier molecular flexibility index (Phi) is 2.78. The molecule has 0 aliphatic heterocycles. The van der Waals surface area contributed by atoms with Crippen molar-refractivity contribution in [3.8, 4) is 0 Å². The van der Waals surface area contributed by atoms with Crippen LogP contribution in [-0.2, 0) is 10.0 Å². The Balaban J connectivity index is 1.78. The van der Waals surface area contributed by atoms with Crippen molar-refractivity contribution in [2.24, 2.45) is 5.92 Å². The van der Waals surface area contributed by atoms with Gasteiger partial charge in [-0.25, -0.2) is 18.1 Å². The van der Waals surface area contributed by atoms with Crippen LogP contribution in [0.25, 0.3) is 5.52 Å². The van der Waals surface area contributed by atoms with Gasteiger partial charge in [0.2, 0.25) is 10.0 Å². The molecule has 6 nitrogen and oxygen atoms in total. The molecule has 1 fully saturated rings. The fourth-order valence-corrected chi connectivity index (χ4v) is 3.33. The molecule has 1 saturated carbocycles. The summed E-state index contributed by atoms with van der Waals surface area (Å²) in [6.45, 7) is 0. The zero-order chi connectivity index (χ0) is 13.5. The highest BCUT2D eigenvalue weighted by atomic mass is 32.2. The third-order valence-electron chi connectivity index (χ3n) is 3.07. The van der Waals surface area contributed by atoms with Crippen LogP contribution < -0.4 is 4.72 Å². The first-order valence-corrected chi connectivity index (χ1v) is 7.65. The number of hydrogen-bond acceptors (Lipinski definition) is 4. The SMILES string of the molecule is O=C(NS(=O)(=O)CC1CC1)c1ccc2cncn2c1. The topological polar surface area (TPSA) is 80.5 Å². The first-order valence-electron chi connectivity index (χ1n) is 6.00. The Labute approximate surface area is 110 Å². The third-order valence-corrected chi connectivity index (χ3v) is 4.48. The molecule has 0 atom stereocenters. The highest BCUT2D eigenvalue weighted by molar-refractivity contribution is 7.90. The lowest BCUT2D eigenvalue weighted by Gasteiger charge is -2.06. The summed E-state index contributed by atoms with van der Waals surface area (Å²) < 4.78 is 27.2. The Hall–Kier alpha value is -1.89. The average Bonchev–Trinajstić information content (AvgIpc) is 3.02. The summed E-state index contributed by atoms with van der Waals surface area (Å²) in [5.74, 6) is -0.357. The molecule has 0 radical (unpaired) electrons. The van der Waals surface area contributed by atoms with Gasteiger partial charge >= 0.3 is 0 Å². The fraction of sp³-hybridized carbons (Fsp3) is 0.333. The first-order chi connectivity index (χ1) is 9.03. The van der Waals surface area contributed by atoms with E-state index in [2.05, 4.69) is 9.71 Å². The summed E-state index contributed by atoms with van der Waals surface area (Å²) in [4.78, 5) is 15.8. The number of aromatic nitrogens is 2. The van der Waals surface area contributed by atoms with Crippen molar-refractivity contribution in [2.75, 3.05) is 5.75 Å². The van der Waals surface area contributed by atoms with Gasteiger partial charge in [-0.05, 0) is 30.9 Å². The van der Waals surface area contributed by atoms with Gasteiger partial charge < -0.3 is 4.40 Å². The molecule has 7 heteroatoms. The standard InChI is InChI=1S/C12H13N3O3S/c16-12(14-19(17,18)7-9-1-2-9)10-3-4-11-5-13-8-15(11)6-10/h3-6,8-9H,1-2,7H2,(H,14,16). The van der Waals surface area contributed by atoms with Crippen LogP contribution in [0.3, 0.4) is 0 Å². The van der Waals surface area contributed by atoms with Crippen molar-refractivity contribution in [3.63, 3.8) is 0 Å². The number of carbonyl (C=O) groups excluding carboxylic acids is 1. The monoisotopic (exact) mass is 279 g/mol. The Morgan fingerprint density at radius 1 is 1.42 bits per heavy atom. The van der Waals surface area contributed by atoms with Gasteiger partial charge in [-0.3, -0.25) is 4.79 Å². The number of fused-ring (bicyclic) bond motifs is 1. The highest BCUT2D eigenvalue weighted by Crippen LogP contribution is 2.29. The van der Waals surface area contributed by atoms with Crippen LogP contribution in [0, 0.1) is 5.92 Å². The van der Waals surface area contributed by atoms with Crippen LogP contribution in [0.15, 0.2) is 30.9 Å². The summed E-state index contributed by atoms with van der Waals surface area (Å²) in [7, 11) is -3.53. The minimum Gasteiger partial charge on any atom is -0.306 e. The van der Waals surface area contributed by atoms with E-state index in [0.29, 0.717) is 5.56 Å². The number of rotatable bonds is 4. The summed E-state index contributed by atoms with van der Waals surface area (Å²) in [6, 6.07) is 3.30. The van der Waals surface area contributed by atoms with E-state index in [4.69, 9.17) is 0 Å². The Morgan fingerprint density at radius 3 is 2.95 bits per heavy atom. The van der Waals surface area contributed by atoms with Crippen molar-refractivity contribution >= 4 is 21.4 Å². The van der Waals surface area contributed by atoms with Crippen LogP contribution >= 0.6 is 0 Å². The van der Waals surface area contributed by atoms with Gasteiger partial charge in [0.1, 0.15) is 0 Å². The molecule has 0 bridgehead atoms. The normalized spacial score (nSPS) is 15.6. The summed E-state index contributed by atoms with van der Waals surface area (Å²) >= 11 is 0. The molecular weight excluding hydrogens is 266 g/mol. The number of imidazole rings is 1. The maximum atomic E-state index is 11.9. The molecule has 1 aliphatic rings. The van der Waals surface area contributed by atoms with Crippen LogP contribution in [-0.4, -0.2) is 29.5 Å². The molecule has 0 unspecified atom stereocenters. The lowest BCUT2D eigenvalue weighted by atomic mass is 10.2. The van der Waals surface area contributed by atoms with Crippen LogP contribution in [0.4, 0.5) is 0 Å². The molecule has 0 saturated heterocycles. The average molecular weight is 279 g/mol. The van der Waals surface area contributed by atoms with Crippen molar-refractivity contribution in [1.29, 1.82) is 0 Å². The van der Waals surface area contributed by atoms with Gasteiger partial charge in [0.05, 0.1) is 29.4 Å². The van der Waals surface area contributed by atoms with E-state index in [1.807, 2.05) is 0 Å². The maximum absolute atomic E-state index is 11.9. The quantitative estimate of drug-likeness (QED) is 0.897. The summed E-state index contributed by atoms with van der Waals surface area (Å²) in [5, 5.41) is 0. The van der Waals surface area contributed by atoms with Crippen molar-refractivity contribution in [3.05, 3.63) is 36.4 Å². The number of sulfonamides is 1. The molecule has 1 aliphatic carbocycles. The number of pyridine rings is 1. The van der Waals surface area contributed by atoms with Crippen LogP contribution in [0.5, 0.6) is 0 Å². The minimum absolute atomic E-state index is 0.0338. The van der Waals surface area contributed by atoms with Gasteiger partial charge in [0, 0.05) is 6.20 Å². The summed E-state index contributed by atoms with van der Waals surface area (Å²) in [6.07, 6.45) is 6.63. The number of nitrogens with one attached hydrogen (secondary N) is 1. The zero-order valence-electron chi connectivity index (χ0n) is 10.1. The van der Waals surface area contributed by atoms with Gasteiger partial charge in [-0.1, -0.05) is 0 Å². The molecular formula is C12H13N3O3S. The lowest BCUT2D eigenvalue weighted by Crippen LogP contribution is -2.33. The largest absolute Gasteiger partial charge is 0.306 e. The number of hydrogen-bond donors (Lipinski definition) is 1. The molecule has 0 aromatic carbocycles.